The third-order valence-electron chi connectivity index (χ3n) is 2.83. The van der Waals surface area contributed by atoms with E-state index in [0.717, 1.165) is 5.56 Å². The summed E-state index contributed by atoms with van der Waals surface area (Å²) in [4.78, 5) is 11.7. The van der Waals surface area contributed by atoms with E-state index < -0.39 is 0 Å². The fourth-order valence-electron chi connectivity index (χ4n) is 1.79. The van der Waals surface area contributed by atoms with Crippen LogP contribution < -0.4 is 5.32 Å². The number of nitrogens with one attached hydrogen (secondary N) is 1. The summed E-state index contributed by atoms with van der Waals surface area (Å²) >= 11 is 0. The lowest BCUT2D eigenvalue weighted by Gasteiger charge is -1.99. The van der Waals surface area contributed by atoms with Gasteiger partial charge in [0.05, 0.1) is 0 Å². The van der Waals surface area contributed by atoms with Crippen molar-refractivity contribution in [3.63, 3.8) is 0 Å². The van der Waals surface area contributed by atoms with Gasteiger partial charge in [-0.1, -0.05) is 12.1 Å². The van der Waals surface area contributed by atoms with Crippen LogP contribution in [0.15, 0.2) is 40.8 Å². The molecule has 1 aromatic carbocycles. The molecule has 0 bridgehead atoms. The van der Waals surface area contributed by atoms with E-state index in [2.05, 4.69) is 5.32 Å². The Bertz CT molecular complexity index is 546. The molecule has 0 amide bonds. The molecule has 19 heavy (non-hydrogen) atoms. The molecule has 0 spiro atoms. The molecule has 0 aliphatic rings. The highest BCUT2D eigenvalue weighted by molar-refractivity contribution is 5.93. The Balaban J connectivity index is 2.01. The van der Waals surface area contributed by atoms with Gasteiger partial charge in [0.1, 0.15) is 11.6 Å². The van der Waals surface area contributed by atoms with Crippen molar-refractivity contribution in [3.05, 3.63) is 59.3 Å². The van der Waals surface area contributed by atoms with Crippen LogP contribution in [-0.2, 0) is 6.42 Å². The Morgan fingerprint density at radius 1 is 1.21 bits per heavy atom. The molecule has 2 rings (SSSR count). The molecule has 1 heterocycles. The largest absolute Gasteiger partial charge is 0.458 e. The van der Waals surface area contributed by atoms with Crippen LogP contribution in [0, 0.1) is 5.82 Å². The third kappa shape index (κ3) is 3.76. The lowest BCUT2D eigenvalue weighted by molar-refractivity contribution is 0.0955. The van der Waals surface area contributed by atoms with Crippen molar-refractivity contribution in [3.8, 4) is 0 Å². The van der Waals surface area contributed by atoms with Crippen LogP contribution in [0.3, 0.4) is 0 Å². The number of carbonyl (C=O) groups is 1. The van der Waals surface area contributed by atoms with Gasteiger partial charge in [-0.05, 0) is 36.9 Å². The first kappa shape index (κ1) is 13.5. The molecule has 4 heteroatoms. The minimum Gasteiger partial charge on any atom is -0.458 e. The summed E-state index contributed by atoms with van der Waals surface area (Å²) in [6.07, 6.45) is 0.972. The second-order valence-electron chi connectivity index (χ2n) is 4.35. The Kier molecular flexibility index (Phi) is 4.47. The van der Waals surface area contributed by atoms with Crippen molar-refractivity contribution in [1.29, 1.82) is 0 Å². The van der Waals surface area contributed by atoms with E-state index in [1.807, 2.05) is 0 Å². The lowest BCUT2D eigenvalue weighted by Crippen LogP contribution is -2.12. The summed E-state index contributed by atoms with van der Waals surface area (Å²) in [7, 11) is 1.80. The number of benzene rings is 1. The summed E-state index contributed by atoms with van der Waals surface area (Å²) in [5.41, 5.74) is 0.949. The molecule has 0 unspecified atom stereocenters. The Labute approximate surface area is 111 Å². The fraction of sp³-hybridized carbons (Fsp3) is 0.267. The van der Waals surface area contributed by atoms with Gasteiger partial charge in [0, 0.05) is 19.4 Å². The molecule has 0 fully saturated rings. The smallest absolute Gasteiger partial charge is 0.199 e. The van der Waals surface area contributed by atoms with Gasteiger partial charge in [-0.2, -0.15) is 0 Å². The molecule has 1 aromatic heterocycles. The monoisotopic (exact) mass is 261 g/mol. The molecule has 1 N–H and O–H groups in total. The molecule has 0 saturated heterocycles. The number of rotatable bonds is 6. The number of furan rings is 1. The predicted octanol–water partition coefficient (Wildman–Crippen LogP) is 2.80. The summed E-state index contributed by atoms with van der Waals surface area (Å²) in [6, 6.07) is 9.72. The molecule has 0 atom stereocenters. The molecule has 3 nitrogen and oxygen atoms in total. The van der Waals surface area contributed by atoms with Crippen molar-refractivity contribution in [2.45, 2.75) is 12.8 Å². The van der Waals surface area contributed by atoms with Crippen LogP contribution in [0.2, 0.25) is 0 Å². The number of carbonyl (C=O) groups excluding carboxylic acids is 1. The van der Waals surface area contributed by atoms with Crippen LogP contribution in [-0.4, -0.2) is 19.4 Å². The van der Waals surface area contributed by atoms with Gasteiger partial charge in [0.25, 0.3) is 0 Å². The third-order valence-corrected chi connectivity index (χ3v) is 2.83. The maximum atomic E-state index is 12.8. The number of hydrogen-bond donors (Lipinski definition) is 1. The Morgan fingerprint density at radius 2 is 1.95 bits per heavy atom. The summed E-state index contributed by atoms with van der Waals surface area (Å²) in [5, 5.41) is 2.92. The highest BCUT2D eigenvalue weighted by Gasteiger charge is 2.10. The maximum absolute atomic E-state index is 12.8. The quantitative estimate of drug-likeness (QED) is 0.813. The summed E-state index contributed by atoms with van der Waals surface area (Å²) in [6.45, 7) is 0.632. The number of hydrogen-bond acceptors (Lipinski definition) is 3. The minimum atomic E-state index is -0.258. The zero-order chi connectivity index (χ0) is 13.7. The minimum absolute atomic E-state index is 0.0142. The van der Waals surface area contributed by atoms with Crippen molar-refractivity contribution in [1.82, 2.24) is 5.32 Å². The summed E-state index contributed by atoms with van der Waals surface area (Å²) in [5.74, 6) is 0.817. The second kappa shape index (κ2) is 6.29. The van der Waals surface area contributed by atoms with E-state index in [0.29, 0.717) is 30.9 Å². The second-order valence-corrected chi connectivity index (χ2v) is 4.35. The van der Waals surface area contributed by atoms with Crippen LogP contribution in [0.25, 0.3) is 0 Å². The first-order valence-electron chi connectivity index (χ1n) is 6.20. The van der Waals surface area contributed by atoms with Gasteiger partial charge in [0.15, 0.2) is 11.5 Å². The zero-order valence-electron chi connectivity index (χ0n) is 10.8. The van der Waals surface area contributed by atoms with Gasteiger partial charge in [-0.3, -0.25) is 4.79 Å². The van der Waals surface area contributed by atoms with Gasteiger partial charge in [-0.25, -0.2) is 4.39 Å². The Hall–Kier alpha value is -1.94. The molecule has 0 radical (unpaired) electrons. The first-order chi connectivity index (χ1) is 9.19. The normalized spacial score (nSPS) is 10.6. The van der Waals surface area contributed by atoms with E-state index in [1.54, 1.807) is 31.3 Å². The highest BCUT2D eigenvalue weighted by Crippen LogP contribution is 2.15. The van der Waals surface area contributed by atoms with Crippen LogP contribution in [0.1, 0.15) is 28.3 Å². The molecule has 0 aliphatic carbocycles. The summed E-state index contributed by atoms with van der Waals surface area (Å²) < 4.78 is 18.3. The highest BCUT2D eigenvalue weighted by atomic mass is 19.1. The average molecular weight is 261 g/mol. The Morgan fingerprint density at radius 3 is 2.63 bits per heavy atom. The van der Waals surface area contributed by atoms with Crippen molar-refractivity contribution in [2.75, 3.05) is 13.6 Å². The van der Waals surface area contributed by atoms with E-state index in [4.69, 9.17) is 4.42 Å². The van der Waals surface area contributed by atoms with E-state index in [-0.39, 0.29) is 11.6 Å². The molecule has 0 saturated carbocycles. The number of ketones is 1. The van der Waals surface area contributed by atoms with Crippen molar-refractivity contribution in [2.24, 2.45) is 0 Å². The molecule has 100 valence electrons. The molecular weight excluding hydrogens is 245 g/mol. The fourth-order valence-corrected chi connectivity index (χ4v) is 1.79. The average Bonchev–Trinajstić information content (AvgIpc) is 2.87. The number of Topliss-reactive ketones (excluding diaryl/α,β-unsaturated/α-hetero) is 1. The van der Waals surface area contributed by atoms with Crippen molar-refractivity contribution < 1.29 is 13.6 Å². The van der Waals surface area contributed by atoms with Gasteiger partial charge < -0.3 is 9.73 Å². The van der Waals surface area contributed by atoms with E-state index in [1.165, 1.54) is 12.1 Å². The topological polar surface area (TPSA) is 42.2 Å². The van der Waals surface area contributed by atoms with E-state index >= 15 is 0 Å². The molecule has 0 aliphatic heterocycles. The van der Waals surface area contributed by atoms with Crippen LogP contribution in [0.5, 0.6) is 0 Å². The van der Waals surface area contributed by atoms with Gasteiger partial charge in [0.2, 0.25) is 0 Å². The lowest BCUT2D eigenvalue weighted by atomic mass is 10.1. The first-order valence-corrected chi connectivity index (χ1v) is 6.20. The molecular formula is C15H16FNO2. The number of halogens is 1. The van der Waals surface area contributed by atoms with Crippen molar-refractivity contribution >= 4 is 5.78 Å². The zero-order valence-corrected chi connectivity index (χ0v) is 10.8. The van der Waals surface area contributed by atoms with Crippen LogP contribution >= 0.6 is 0 Å². The van der Waals surface area contributed by atoms with Crippen LogP contribution in [0.4, 0.5) is 4.39 Å². The predicted molar refractivity (Wildman–Crippen MR) is 70.8 cm³/mol. The SMILES string of the molecule is CNCCC(=O)c1ccc(Cc2ccc(F)cc2)o1. The van der Waals surface area contributed by atoms with Gasteiger partial charge in [-0.15, -0.1) is 0 Å². The standard InChI is InChI=1S/C15H16FNO2/c1-17-9-8-14(18)15-7-6-13(19-15)10-11-2-4-12(16)5-3-11/h2-7,17H,8-10H2,1H3. The maximum Gasteiger partial charge on any atom is 0.199 e. The van der Waals surface area contributed by atoms with Gasteiger partial charge >= 0.3 is 0 Å². The van der Waals surface area contributed by atoms with E-state index in [9.17, 15) is 9.18 Å². The molecule has 2 aromatic rings.